The van der Waals surface area contributed by atoms with Crippen molar-refractivity contribution in [2.24, 2.45) is 0 Å². The molecule has 1 aliphatic rings. The molecule has 5 nitrogen and oxygen atoms in total. The molecule has 3 rings (SSSR count). The molecule has 1 saturated heterocycles. The summed E-state index contributed by atoms with van der Waals surface area (Å²) < 4.78 is 4.03. The van der Waals surface area contributed by atoms with Gasteiger partial charge in [0.25, 0.3) is 0 Å². The molecule has 0 saturated carbocycles. The van der Waals surface area contributed by atoms with Crippen molar-refractivity contribution in [2.45, 2.75) is 18.6 Å². The van der Waals surface area contributed by atoms with E-state index in [1.807, 2.05) is 30.1 Å². The monoisotopic (exact) mass is 362 g/mol. The van der Waals surface area contributed by atoms with Crippen molar-refractivity contribution in [3.05, 3.63) is 46.6 Å². The molecule has 2 heterocycles. The quantitative estimate of drug-likeness (QED) is 0.886. The minimum absolute atomic E-state index is 0.230. The number of aliphatic hydroxyl groups is 1. The number of rotatable bonds is 5. The second-order valence-electron chi connectivity index (χ2n) is 6.29. The lowest BCUT2D eigenvalue weighted by atomic mass is 10.0. The van der Waals surface area contributed by atoms with Gasteiger partial charge in [0, 0.05) is 33.2 Å². The topological polar surface area (TPSA) is 63.4 Å². The Morgan fingerprint density at radius 2 is 2.21 bits per heavy atom. The van der Waals surface area contributed by atoms with Crippen molar-refractivity contribution >= 4 is 28.1 Å². The zero-order valence-corrected chi connectivity index (χ0v) is 15.0. The first-order valence-corrected chi connectivity index (χ1v) is 8.91. The lowest BCUT2D eigenvalue weighted by molar-refractivity contribution is 0.0563. The third-order valence-electron chi connectivity index (χ3n) is 4.28. The van der Waals surface area contributed by atoms with Crippen molar-refractivity contribution in [3.8, 4) is 6.07 Å². The molecule has 126 valence electrons. The predicted octanol–water partition coefficient (Wildman–Crippen LogP) is 2.74. The molecule has 1 aliphatic heterocycles. The van der Waals surface area contributed by atoms with E-state index in [9.17, 15) is 10.4 Å². The molecular weight excluding hydrogens is 344 g/mol. The Balaban J connectivity index is 1.64. The summed E-state index contributed by atoms with van der Waals surface area (Å²) in [4.78, 5) is 4.14. The third-order valence-corrected chi connectivity index (χ3v) is 5.62. The lowest BCUT2D eigenvalue weighted by Crippen LogP contribution is -2.43. The maximum Gasteiger partial charge on any atom is 0.162 e. The zero-order chi connectivity index (χ0) is 17.2. The molecule has 1 aromatic heterocycles. The fourth-order valence-electron chi connectivity index (χ4n) is 3.18. The van der Waals surface area contributed by atoms with E-state index in [4.69, 9.17) is 11.6 Å². The largest absolute Gasteiger partial charge is 0.387 e. The molecule has 0 amide bonds. The highest BCUT2D eigenvalue weighted by molar-refractivity contribution is 7.10. The summed E-state index contributed by atoms with van der Waals surface area (Å²) in [6.45, 7) is 2.75. The molecule has 1 aromatic carbocycles. The number of hydrogen-bond donors (Lipinski definition) is 1. The number of nitriles is 1. The number of likely N-dealkylation sites (tertiary alicyclic amines) is 1. The molecule has 1 atom stereocenters. The van der Waals surface area contributed by atoms with Gasteiger partial charge in [0.05, 0.1) is 5.60 Å². The van der Waals surface area contributed by atoms with Gasteiger partial charge >= 0.3 is 0 Å². The van der Waals surface area contributed by atoms with E-state index in [0.717, 1.165) is 13.1 Å². The number of likely N-dealkylation sites (N-methyl/N-ethyl adjacent to an activating group) is 1. The van der Waals surface area contributed by atoms with Gasteiger partial charge in [-0.25, -0.2) is 0 Å². The van der Waals surface area contributed by atoms with Crippen LogP contribution in [-0.4, -0.2) is 46.7 Å². The highest BCUT2D eigenvalue weighted by Crippen LogP contribution is 2.32. The lowest BCUT2D eigenvalue weighted by Gasteiger charge is -2.29. The van der Waals surface area contributed by atoms with Gasteiger partial charge in [0.2, 0.25) is 0 Å². The minimum atomic E-state index is -0.799. The summed E-state index contributed by atoms with van der Waals surface area (Å²) in [5.41, 5.74) is 0.829. The average molecular weight is 363 g/mol. The standard InChI is InChI=1S/C17H19ClN4OS/c1-21(16-14(9-19)15(18)20-24-16)11-17(23)7-8-22(12-17)10-13-5-3-2-4-6-13/h2-6,23H,7-8,10-12H2,1H3. The molecule has 24 heavy (non-hydrogen) atoms. The van der Waals surface area contributed by atoms with Gasteiger partial charge in [0.15, 0.2) is 5.15 Å². The first-order valence-electron chi connectivity index (χ1n) is 7.76. The van der Waals surface area contributed by atoms with Crippen molar-refractivity contribution in [1.29, 1.82) is 5.26 Å². The van der Waals surface area contributed by atoms with Crippen LogP contribution < -0.4 is 4.90 Å². The van der Waals surface area contributed by atoms with E-state index >= 15 is 0 Å². The van der Waals surface area contributed by atoms with Gasteiger partial charge in [-0.2, -0.15) is 9.64 Å². The number of nitrogens with zero attached hydrogens (tertiary/aromatic N) is 4. The Hall–Kier alpha value is -1.65. The van der Waals surface area contributed by atoms with Crippen molar-refractivity contribution < 1.29 is 5.11 Å². The number of halogens is 1. The van der Waals surface area contributed by atoms with Crippen LogP contribution in [0.3, 0.4) is 0 Å². The molecule has 0 aliphatic carbocycles. The maximum atomic E-state index is 10.9. The maximum absolute atomic E-state index is 10.9. The highest BCUT2D eigenvalue weighted by atomic mass is 35.5. The fraction of sp³-hybridized carbons (Fsp3) is 0.412. The molecular formula is C17H19ClN4OS. The highest BCUT2D eigenvalue weighted by Gasteiger charge is 2.37. The number of anilines is 1. The summed E-state index contributed by atoms with van der Waals surface area (Å²) in [5, 5.41) is 21.1. The van der Waals surface area contributed by atoms with Crippen LogP contribution in [0.25, 0.3) is 0 Å². The van der Waals surface area contributed by atoms with E-state index in [1.54, 1.807) is 0 Å². The van der Waals surface area contributed by atoms with E-state index in [-0.39, 0.29) is 5.15 Å². The van der Waals surface area contributed by atoms with Crippen molar-refractivity contribution in [1.82, 2.24) is 9.27 Å². The van der Waals surface area contributed by atoms with Crippen LogP contribution in [0, 0.1) is 11.3 Å². The first kappa shape index (κ1) is 17.2. The average Bonchev–Trinajstić information content (AvgIpc) is 3.11. The van der Waals surface area contributed by atoms with Crippen LogP contribution in [0.4, 0.5) is 5.00 Å². The summed E-state index contributed by atoms with van der Waals surface area (Å²) in [5.74, 6) is 0. The number of aromatic nitrogens is 1. The summed E-state index contributed by atoms with van der Waals surface area (Å²) >= 11 is 7.12. The van der Waals surface area contributed by atoms with Crippen LogP contribution in [0.1, 0.15) is 17.5 Å². The van der Waals surface area contributed by atoms with Crippen LogP contribution in [0.2, 0.25) is 5.15 Å². The van der Waals surface area contributed by atoms with Crippen LogP contribution in [-0.2, 0) is 6.54 Å². The normalized spacial score (nSPS) is 20.9. The second kappa shape index (κ2) is 7.08. The summed E-state index contributed by atoms with van der Waals surface area (Å²) in [6, 6.07) is 12.4. The molecule has 0 radical (unpaired) electrons. The van der Waals surface area contributed by atoms with E-state index in [0.29, 0.717) is 30.1 Å². The van der Waals surface area contributed by atoms with Gasteiger partial charge in [-0.05, 0) is 23.5 Å². The van der Waals surface area contributed by atoms with Gasteiger partial charge in [-0.15, -0.1) is 0 Å². The van der Waals surface area contributed by atoms with Gasteiger partial charge < -0.3 is 10.0 Å². The molecule has 0 bridgehead atoms. The Morgan fingerprint density at radius 1 is 1.46 bits per heavy atom. The van der Waals surface area contributed by atoms with E-state index in [1.165, 1.54) is 17.1 Å². The summed E-state index contributed by atoms with van der Waals surface area (Å²) in [6.07, 6.45) is 0.707. The Bertz CT molecular complexity index is 745. The van der Waals surface area contributed by atoms with Crippen molar-refractivity contribution in [3.63, 3.8) is 0 Å². The predicted molar refractivity (Wildman–Crippen MR) is 96.4 cm³/mol. The first-order chi connectivity index (χ1) is 11.5. The molecule has 7 heteroatoms. The Kier molecular flexibility index (Phi) is 5.07. The van der Waals surface area contributed by atoms with Crippen LogP contribution in [0.5, 0.6) is 0 Å². The molecule has 1 unspecified atom stereocenters. The third kappa shape index (κ3) is 3.70. The molecule has 2 aromatic rings. The second-order valence-corrected chi connectivity index (χ2v) is 7.40. The SMILES string of the molecule is CN(CC1(O)CCN(Cc2ccccc2)C1)c1snc(Cl)c1C#N. The number of β-amino-alcohol motifs (C(OH)–C–C–N with tert-alkyl or cyclic N) is 1. The molecule has 1 N–H and O–H groups in total. The molecule has 0 spiro atoms. The van der Waals surface area contributed by atoms with Gasteiger partial charge in [-0.3, -0.25) is 4.90 Å². The van der Waals surface area contributed by atoms with Crippen LogP contribution in [0.15, 0.2) is 30.3 Å². The Labute approximate surface area is 150 Å². The van der Waals surface area contributed by atoms with E-state index < -0.39 is 5.60 Å². The minimum Gasteiger partial charge on any atom is -0.387 e. The fourth-order valence-corrected chi connectivity index (χ4v) is 4.16. The number of hydrogen-bond acceptors (Lipinski definition) is 6. The summed E-state index contributed by atoms with van der Waals surface area (Å²) in [7, 11) is 1.86. The molecule has 1 fully saturated rings. The van der Waals surface area contributed by atoms with E-state index in [2.05, 4.69) is 27.5 Å². The van der Waals surface area contributed by atoms with Crippen molar-refractivity contribution in [2.75, 3.05) is 31.6 Å². The zero-order valence-electron chi connectivity index (χ0n) is 13.4. The van der Waals surface area contributed by atoms with Gasteiger partial charge in [-0.1, -0.05) is 41.9 Å². The smallest absolute Gasteiger partial charge is 0.162 e. The van der Waals surface area contributed by atoms with Gasteiger partial charge in [0.1, 0.15) is 16.6 Å². The Morgan fingerprint density at radius 3 is 2.92 bits per heavy atom. The van der Waals surface area contributed by atoms with Crippen LogP contribution >= 0.6 is 23.1 Å². The number of benzene rings is 1.